The van der Waals surface area contributed by atoms with E-state index in [1.807, 2.05) is 31.2 Å². The number of aryl methyl sites for hydroxylation is 1. The van der Waals surface area contributed by atoms with Gasteiger partial charge < -0.3 is 15.2 Å². The molecule has 2 N–H and O–H groups in total. The second kappa shape index (κ2) is 7.86. The lowest BCUT2D eigenvalue weighted by molar-refractivity contribution is -0.147. The second-order valence-electron chi connectivity index (χ2n) is 6.48. The number of hydrogen-bond acceptors (Lipinski definition) is 5. The number of carbonyl (C=O) groups excluding carboxylic acids is 1. The van der Waals surface area contributed by atoms with Gasteiger partial charge in [0, 0.05) is 10.4 Å². The standard InChI is InChI=1S/C19H22N2O4S/c1-11-16(12-6-5-7-13(10-12)25-2)20-19(26-11)21-17(22)14-8-3-4-9-15(14)18(23)24/h5-7,10,14-15H,3-4,8-9H2,1-2H3,(H,23,24)(H,20,21,22). The summed E-state index contributed by atoms with van der Waals surface area (Å²) in [7, 11) is 1.61. The lowest BCUT2D eigenvalue weighted by atomic mass is 9.79. The zero-order valence-electron chi connectivity index (χ0n) is 14.8. The van der Waals surface area contributed by atoms with Crippen LogP contribution < -0.4 is 10.1 Å². The molecule has 2 aromatic rings. The van der Waals surface area contributed by atoms with Crippen LogP contribution in [-0.4, -0.2) is 29.1 Å². The van der Waals surface area contributed by atoms with Crippen LogP contribution >= 0.6 is 11.3 Å². The quantitative estimate of drug-likeness (QED) is 0.827. The maximum absolute atomic E-state index is 12.6. The Bertz CT molecular complexity index is 818. The molecule has 2 unspecified atom stereocenters. The largest absolute Gasteiger partial charge is 0.497 e. The van der Waals surface area contributed by atoms with Crippen molar-refractivity contribution in [2.24, 2.45) is 11.8 Å². The van der Waals surface area contributed by atoms with Gasteiger partial charge in [-0.1, -0.05) is 25.0 Å². The van der Waals surface area contributed by atoms with Gasteiger partial charge in [-0.3, -0.25) is 9.59 Å². The fourth-order valence-electron chi connectivity index (χ4n) is 3.43. The van der Waals surface area contributed by atoms with Crippen LogP contribution in [0.5, 0.6) is 5.75 Å². The fraction of sp³-hybridized carbons (Fsp3) is 0.421. The van der Waals surface area contributed by atoms with Gasteiger partial charge >= 0.3 is 5.97 Å². The van der Waals surface area contributed by atoms with E-state index in [-0.39, 0.29) is 5.91 Å². The fourth-order valence-corrected chi connectivity index (χ4v) is 4.27. The molecule has 6 nitrogen and oxygen atoms in total. The molecule has 0 radical (unpaired) electrons. The van der Waals surface area contributed by atoms with Crippen LogP contribution in [0, 0.1) is 18.8 Å². The molecular weight excluding hydrogens is 352 g/mol. The van der Waals surface area contributed by atoms with Crippen molar-refractivity contribution in [1.82, 2.24) is 4.98 Å². The molecule has 138 valence electrons. The number of ether oxygens (including phenoxy) is 1. The smallest absolute Gasteiger partial charge is 0.307 e. The zero-order valence-corrected chi connectivity index (χ0v) is 15.6. The van der Waals surface area contributed by atoms with Crippen LogP contribution in [0.2, 0.25) is 0 Å². The highest BCUT2D eigenvalue weighted by Crippen LogP contribution is 2.34. The van der Waals surface area contributed by atoms with Crippen LogP contribution in [0.4, 0.5) is 5.13 Å². The van der Waals surface area contributed by atoms with Crippen molar-refractivity contribution in [3.8, 4) is 17.0 Å². The maximum atomic E-state index is 12.6. The van der Waals surface area contributed by atoms with E-state index in [0.717, 1.165) is 34.7 Å². The van der Waals surface area contributed by atoms with Crippen molar-refractivity contribution in [2.45, 2.75) is 32.6 Å². The third-order valence-corrected chi connectivity index (χ3v) is 5.68. The van der Waals surface area contributed by atoms with Crippen molar-refractivity contribution < 1.29 is 19.4 Å². The number of anilines is 1. The molecule has 7 heteroatoms. The number of rotatable bonds is 5. The Morgan fingerprint density at radius 2 is 2.00 bits per heavy atom. The Morgan fingerprint density at radius 3 is 2.69 bits per heavy atom. The number of methoxy groups -OCH3 is 1. The van der Waals surface area contributed by atoms with Crippen molar-refractivity contribution in [1.29, 1.82) is 0 Å². The van der Waals surface area contributed by atoms with Gasteiger partial charge in [-0.15, -0.1) is 11.3 Å². The monoisotopic (exact) mass is 374 g/mol. The minimum atomic E-state index is -0.891. The molecular formula is C19H22N2O4S. The van der Waals surface area contributed by atoms with Crippen LogP contribution in [0.25, 0.3) is 11.3 Å². The Balaban J connectivity index is 1.78. The molecule has 1 fully saturated rings. The van der Waals surface area contributed by atoms with E-state index in [0.29, 0.717) is 18.0 Å². The van der Waals surface area contributed by atoms with Gasteiger partial charge in [0.25, 0.3) is 0 Å². The van der Waals surface area contributed by atoms with Crippen LogP contribution in [-0.2, 0) is 9.59 Å². The molecule has 26 heavy (non-hydrogen) atoms. The average molecular weight is 374 g/mol. The van der Waals surface area contributed by atoms with Crippen molar-refractivity contribution in [3.63, 3.8) is 0 Å². The Labute approximate surface area is 156 Å². The van der Waals surface area contributed by atoms with E-state index < -0.39 is 17.8 Å². The van der Waals surface area contributed by atoms with Crippen molar-refractivity contribution in [3.05, 3.63) is 29.1 Å². The minimum absolute atomic E-state index is 0.247. The summed E-state index contributed by atoms with van der Waals surface area (Å²) in [4.78, 5) is 29.6. The van der Waals surface area contributed by atoms with Crippen molar-refractivity contribution >= 4 is 28.3 Å². The van der Waals surface area contributed by atoms with Gasteiger partial charge in [0.2, 0.25) is 5.91 Å². The summed E-state index contributed by atoms with van der Waals surface area (Å²) in [6.45, 7) is 1.95. The number of hydrogen-bond donors (Lipinski definition) is 2. The molecule has 1 amide bonds. The summed E-state index contributed by atoms with van der Waals surface area (Å²) in [5.41, 5.74) is 1.71. The van der Waals surface area contributed by atoms with Gasteiger partial charge in [-0.25, -0.2) is 4.98 Å². The average Bonchev–Trinajstić information content (AvgIpc) is 3.01. The van der Waals surface area contributed by atoms with E-state index in [4.69, 9.17) is 4.74 Å². The lowest BCUT2D eigenvalue weighted by Crippen LogP contribution is -2.36. The first kappa shape index (κ1) is 18.4. The number of carbonyl (C=O) groups is 2. The molecule has 2 atom stereocenters. The molecule has 0 spiro atoms. The van der Waals surface area contributed by atoms with Gasteiger partial charge in [-0.05, 0) is 31.9 Å². The molecule has 1 aromatic carbocycles. The predicted molar refractivity (Wildman–Crippen MR) is 101 cm³/mol. The zero-order chi connectivity index (χ0) is 18.7. The van der Waals surface area contributed by atoms with Crippen LogP contribution in [0.1, 0.15) is 30.6 Å². The van der Waals surface area contributed by atoms with Crippen molar-refractivity contribution in [2.75, 3.05) is 12.4 Å². The Kier molecular flexibility index (Phi) is 5.56. The van der Waals surface area contributed by atoms with Gasteiger partial charge in [-0.2, -0.15) is 0 Å². The molecule has 0 bridgehead atoms. The lowest BCUT2D eigenvalue weighted by Gasteiger charge is -2.26. The summed E-state index contributed by atoms with van der Waals surface area (Å²) in [5, 5.41) is 12.7. The molecule has 0 aliphatic heterocycles. The van der Waals surface area contributed by atoms with E-state index in [1.54, 1.807) is 7.11 Å². The molecule has 0 saturated heterocycles. The number of amides is 1. The van der Waals surface area contributed by atoms with E-state index >= 15 is 0 Å². The summed E-state index contributed by atoms with van der Waals surface area (Å²) in [6.07, 6.45) is 2.90. The summed E-state index contributed by atoms with van der Waals surface area (Å²) < 4.78 is 5.25. The third-order valence-electron chi connectivity index (χ3n) is 4.79. The maximum Gasteiger partial charge on any atom is 0.307 e. The molecule has 1 aliphatic rings. The number of nitrogens with one attached hydrogen (secondary N) is 1. The number of nitrogens with zero attached hydrogens (tertiary/aromatic N) is 1. The first-order valence-corrected chi connectivity index (χ1v) is 9.46. The Hall–Kier alpha value is -2.41. The van der Waals surface area contributed by atoms with E-state index in [2.05, 4.69) is 10.3 Å². The second-order valence-corrected chi connectivity index (χ2v) is 7.68. The van der Waals surface area contributed by atoms with E-state index in [9.17, 15) is 14.7 Å². The molecule has 1 heterocycles. The third kappa shape index (κ3) is 3.88. The first-order valence-electron chi connectivity index (χ1n) is 8.65. The van der Waals surface area contributed by atoms with Gasteiger partial charge in [0.05, 0.1) is 24.6 Å². The van der Waals surface area contributed by atoms with E-state index in [1.165, 1.54) is 11.3 Å². The topological polar surface area (TPSA) is 88.5 Å². The van der Waals surface area contributed by atoms with Gasteiger partial charge in [0.1, 0.15) is 5.75 Å². The highest BCUT2D eigenvalue weighted by Gasteiger charge is 2.36. The molecule has 1 saturated carbocycles. The van der Waals surface area contributed by atoms with Crippen LogP contribution in [0.3, 0.4) is 0 Å². The summed E-state index contributed by atoms with van der Waals surface area (Å²) >= 11 is 1.39. The number of benzene rings is 1. The number of thiazole rings is 1. The normalized spacial score (nSPS) is 19.8. The van der Waals surface area contributed by atoms with Crippen LogP contribution in [0.15, 0.2) is 24.3 Å². The molecule has 1 aromatic heterocycles. The summed E-state index contributed by atoms with van der Waals surface area (Å²) in [6, 6.07) is 7.60. The summed E-state index contributed by atoms with van der Waals surface area (Å²) in [5.74, 6) is -1.50. The number of aromatic nitrogens is 1. The SMILES string of the molecule is COc1cccc(-c2nc(NC(=O)C3CCCCC3C(=O)O)sc2C)c1. The van der Waals surface area contributed by atoms with Gasteiger partial charge in [0.15, 0.2) is 5.13 Å². The number of carboxylic acid groups (broad SMARTS) is 1. The molecule has 1 aliphatic carbocycles. The predicted octanol–water partition coefficient (Wildman–Crippen LogP) is 3.96. The highest BCUT2D eigenvalue weighted by atomic mass is 32.1. The Morgan fingerprint density at radius 1 is 1.27 bits per heavy atom. The molecule has 3 rings (SSSR count). The minimum Gasteiger partial charge on any atom is -0.497 e. The first-order chi connectivity index (χ1) is 12.5. The highest BCUT2D eigenvalue weighted by molar-refractivity contribution is 7.16. The number of carboxylic acids is 1. The number of aliphatic carboxylic acids is 1.